The number of halogens is 1. The zero-order valence-electron chi connectivity index (χ0n) is 15.6. The van der Waals surface area contributed by atoms with E-state index in [1.54, 1.807) is 12.1 Å². The van der Waals surface area contributed by atoms with Gasteiger partial charge in [0.25, 0.3) is 0 Å². The van der Waals surface area contributed by atoms with Crippen LogP contribution in [0.15, 0.2) is 60.7 Å². The largest absolute Gasteiger partial charge is 0.325 e. The minimum absolute atomic E-state index is 0.0229. The Labute approximate surface area is 166 Å². The summed E-state index contributed by atoms with van der Waals surface area (Å²) in [7, 11) is 0. The molecule has 0 aliphatic carbocycles. The van der Waals surface area contributed by atoms with Crippen molar-refractivity contribution < 1.29 is 4.79 Å². The maximum Gasteiger partial charge on any atom is 0.241 e. The van der Waals surface area contributed by atoms with Gasteiger partial charge in [-0.3, -0.25) is 14.6 Å². The van der Waals surface area contributed by atoms with Gasteiger partial charge in [-0.2, -0.15) is 0 Å². The number of nitrogens with one attached hydrogen (secondary N) is 1. The Bertz CT molecular complexity index is 753. The van der Waals surface area contributed by atoms with Gasteiger partial charge in [0.05, 0.1) is 6.04 Å². The molecule has 0 saturated carbocycles. The first-order chi connectivity index (χ1) is 13.1. The van der Waals surface area contributed by atoms with Crippen LogP contribution >= 0.6 is 11.6 Å². The molecule has 1 N–H and O–H groups in total. The van der Waals surface area contributed by atoms with Crippen molar-refractivity contribution in [1.82, 2.24) is 9.80 Å². The molecule has 1 fully saturated rings. The molecule has 1 aliphatic heterocycles. The Kier molecular flexibility index (Phi) is 7.04. The number of carbonyl (C=O) groups is 1. The summed E-state index contributed by atoms with van der Waals surface area (Å²) in [6.07, 6.45) is 4.37. The van der Waals surface area contributed by atoms with Gasteiger partial charge in [0.2, 0.25) is 5.91 Å². The number of rotatable bonds is 6. The lowest BCUT2D eigenvalue weighted by molar-refractivity contribution is -0.121. The Morgan fingerprint density at radius 2 is 1.74 bits per heavy atom. The van der Waals surface area contributed by atoms with E-state index in [0.29, 0.717) is 5.02 Å². The van der Waals surface area contributed by atoms with Gasteiger partial charge < -0.3 is 5.32 Å². The maximum absolute atomic E-state index is 12.5. The Morgan fingerprint density at radius 3 is 2.41 bits per heavy atom. The number of hydrogen-bond donors (Lipinski definition) is 1. The molecule has 1 unspecified atom stereocenters. The first kappa shape index (κ1) is 19.6. The number of hydrogen-bond acceptors (Lipinski definition) is 3. The Balaban J connectivity index is 1.43. The van der Waals surface area contributed by atoms with Crippen molar-refractivity contribution >= 4 is 29.3 Å². The van der Waals surface area contributed by atoms with Crippen LogP contribution in [0.2, 0.25) is 5.02 Å². The average Bonchev–Trinajstić information content (AvgIpc) is 2.70. The molecule has 1 heterocycles. The van der Waals surface area contributed by atoms with Crippen molar-refractivity contribution in [2.75, 3.05) is 38.0 Å². The minimum atomic E-state index is -0.150. The molecule has 2 aromatic carbocycles. The quantitative estimate of drug-likeness (QED) is 0.819. The molecule has 1 amide bonds. The van der Waals surface area contributed by atoms with E-state index >= 15 is 0 Å². The van der Waals surface area contributed by atoms with Gasteiger partial charge in [0.15, 0.2) is 0 Å². The fourth-order valence-corrected chi connectivity index (χ4v) is 3.31. The third-order valence-corrected chi connectivity index (χ3v) is 5.17. The molecule has 0 aromatic heterocycles. The van der Waals surface area contributed by atoms with Gasteiger partial charge in [0.1, 0.15) is 0 Å². The molecule has 0 spiro atoms. The van der Waals surface area contributed by atoms with E-state index in [-0.39, 0.29) is 11.9 Å². The summed E-state index contributed by atoms with van der Waals surface area (Å²) in [6, 6.07) is 17.4. The minimum Gasteiger partial charge on any atom is -0.325 e. The molecular formula is C22H26ClN3O. The normalized spacial score (nSPS) is 17.1. The highest BCUT2D eigenvalue weighted by Gasteiger charge is 2.25. The summed E-state index contributed by atoms with van der Waals surface area (Å²) >= 11 is 5.89. The van der Waals surface area contributed by atoms with Crippen LogP contribution in [0.1, 0.15) is 12.5 Å². The molecule has 1 saturated heterocycles. The van der Waals surface area contributed by atoms with Crippen molar-refractivity contribution in [3.05, 3.63) is 71.3 Å². The van der Waals surface area contributed by atoms with E-state index in [1.165, 1.54) is 5.56 Å². The van der Waals surface area contributed by atoms with Crippen LogP contribution in [0.4, 0.5) is 5.69 Å². The summed E-state index contributed by atoms with van der Waals surface area (Å²) in [5.74, 6) is 0.0229. The molecule has 0 radical (unpaired) electrons. The van der Waals surface area contributed by atoms with Crippen LogP contribution in [0.25, 0.3) is 6.08 Å². The predicted octanol–water partition coefficient (Wildman–Crippen LogP) is 4.00. The highest BCUT2D eigenvalue weighted by molar-refractivity contribution is 6.30. The van der Waals surface area contributed by atoms with Gasteiger partial charge in [-0.15, -0.1) is 0 Å². The van der Waals surface area contributed by atoms with Crippen LogP contribution in [-0.2, 0) is 4.79 Å². The number of anilines is 1. The van der Waals surface area contributed by atoms with Crippen LogP contribution in [-0.4, -0.2) is 54.5 Å². The monoisotopic (exact) mass is 383 g/mol. The van der Waals surface area contributed by atoms with Crippen LogP contribution in [0.5, 0.6) is 0 Å². The van der Waals surface area contributed by atoms with E-state index in [9.17, 15) is 4.79 Å². The number of benzene rings is 2. The second kappa shape index (κ2) is 9.70. The Morgan fingerprint density at radius 1 is 1.07 bits per heavy atom. The molecule has 5 heteroatoms. The molecule has 4 nitrogen and oxygen atoms in total. The molecular weight excluding hydrogens is 358 g/mol. The number of carbonyl (C=O) groups excluding carboxylic acids is 1. The van der Waals surface area contributed by atoms with Gasteiger partial charge in [-0.1, -0.05) is 54.1 Å². The highest BCUT2D eigenvalue weighted by atomic mass is 35.5. The lowest BCUT2D eigenvalue weighted by atomic mass is 10.2. The van der Waals surface area contributed by atoms with Gasteiger partial charge >= 0.3 is 0 Å². The maximum atomic E-state index is 12.5. The third-order valence-electron chi connectivity index (χ3n) is 4.92. The van der Waals surface area contributed by atoms with Crippen LogP contribution in [0.3, 0.4) is 0 Å². The molecule has 2 aromatic rings. The van der Waals surface area contributed by atoms with Crippen LogP contribution in [0, 0.1) is 0 Å². The first-order valence-corrected chi connectivity index (χ1v) is 9.74. The predicted molar refractivity (Wildman–Crippen MR) is 113 cm³/mol. The topological polar surface area (TPSA) is 35.6 Å². The standard InChI is InChI=1S/C22H26ClN3O/c1-18(22(27)24-21-11-9-20(23)10-12-21)26-16-14-25(15-17-26)13-5-8-19-6-3-2-4-7-19/h2-12,18H,13-17H2,1H3,(H,24,27)/b8-5+. The van der Waals surface area contributed by atoms with Crippen molar-refractivity contribution in [3.63, 3.8) is 0 Å². The van der Waals surface area contributed by atoms with Gasteiger partial charge in [-0.25, -0.2) is 0 Å². The van der Waals surface area contributed by atoms with E-state index < -0.39 is 0 Å². The summed E-state index contributed by atoms with van der Waals surface area (Å²) in [4.78, 5) is 17.2. The second-order valence-corrected chi connectivity index (χ2v) is 7.26. The van der Waals surface area contributed by atoms with Crippen molar-refractivity contribution in [2.45, 2.75) is 13.0 Å². The molecule has 0 bridgehead atoms. The smallest absolute Gasteiger partial charge is 0.241 e. The third kappa shape index (κ3) is 5.93. The van der Waals surface area contributed by atoms with Gasteiger partial charge in [0, 0.05) is 43.4 Å². The second-order valence-electron chi connectivity index (χ2n) is 6.82. The lowest BCUT2D eigenvalue weighted by Gasteiger charge is -2.37. The zero-order valence-corrected chi connectivity index (χ0v) is 16.4. The summed E-state index contributed by atoms with van der Waals surface area (Å²) in [5, 5.41) is 3.63. The van der Waals surface area contributed by atoms with E-state index in [2.05, 4.69) is 51.5 Å². The molecule has 142 valence electrons. The average molecular weight is 384 g/mol. The number of amides is 1. The highest BCUT2D eigenvalue weighted by Crippen LogP contribution is 2.15. The molecule has 3 rings (SSSR count). The van der Waals surface area contributed by atoms with Crippen molar-refractivity contribution in [1.29, 1.82) is 0 Å². The number of piperazine rings is 1. The van der Waals surface area contributed by atoms with Crippen molar-refractivity contribution in [3.8, 4) is 0 Å². The fraction of sp³-hybridized carbons (Fsp3) is 0.318. The molecule has 1 atom stereocenters. The Hall–Kier alpha value is -2.14. The van der Waals surface area contributed by atoms with E-state index in [0.717, 1.165) is 38.4 Å². The summed E-state index contributed by atoms with van der Waals surface area (Å²) < 4.78 is 0. The zero-order chi connectivity index (χ0) is 19.1. The summed E-state index contributed by atoms with van der Waals surface area (Å²) in [5.41, 5.74) is 2.00. The fourth-order valence-electron chi connectivity index (χ4n) is 3.18. The number of nitrogens with zero attached hydrogens (tertiary/aromatic N) is 2. The first-order valence-electron chi connectivity index (χ1n) is 9.36. The lowest BCUT2D eigenvalue weighted by Crippen LogP contribution is -2.52. The van der Waals surface area contributed by atoms with Gasteiger partial charge in [-0.05, 0) is 36.8 Å². The van der Waals surface area contributed by atoms with Crippen LogP contribution < -0.4 is 5.32 Å². The summed E-state index contributed by atoms with van der Waals surface area (Å²) in [6.45, 7) is 6.64. The molecule has 1 aliphatic rings. The van der Waals surface area contributed by atoms with E-state index in [4.69, 9.17) is 11.6 Å². The molecule has 27 heavy (non-hydrogen) atoms. The van der Waals surface area contributed by atoms with Crippen molar-refractivity contribution in [2.24, 2.45) is 0 Å². The SMILES string of the molecule is CC(C(=O)Nc1ccc(Cl)cc1)N1CCN(C/C=C/c2ccccc2)CC1. The van der Waals surface area contributed by atoms with E-state index in [1.807, 2.05) is 25.1 Å².